The van der Waals surface area contributed by atoms with Crippen LogP contribution in [0.2, 0.25) is 0 Å². The van der Waals surface area contributed by atoms with Crippen molar-refractivity contribution in [2.24, 2.45) is 5.73 Å². The van der Waals surface area contributed by atoms with Crippen molar-refractivity contribution < 1.29 is 4.74 Å². The lowest BCUT2D eigenvalue weighted by Gasteiger charge is -2.25. The van der Waals surface area contributed by atoms with Gasteiger partial charge in [-0.1, -0.05) is 12.1 Å². The number of hydrogen-bond donors (Lipinski definition) is 1. The zero-order valence-corrected chi connectivity index (χ0v) is 10.7. The van der Waals surface area contributed by atoms with Crippen LogP contribution in [0.5, 0.6) is 5.75 Å². The summed E-state index contributed by atoms with van der Waals surface area (Å²) in [7, 11) is 0. The number of benzene rings is 1. The van der Waals surface area contributed by atoms with Crippen molar-refractivity contribution in [3.8, 4) is 5.75 Å². The predicted molar refractivity (Wildman–Crippen MR) is 75.7 cm³/mol. The second-order valence-corrected chi connectivity index (χ2v) is 4.53. The Morgan fingerprint density at radius 1 is 1.21 bits per heavy atom. The lowest BCUT2D eigenvalue weighted by Crippen LogP contribution is -2.20. The van der Waals surface area contributed by atoms with E-state index in [1.54, 1.807) is 6.20 Å². The number of rotatable bonds is 2. The number of aromatic nitrogens is 1. The van der Waals surface area contributed by atoms with Gasteiger partial charge >= 0.3 is 0 Å². The molecule has 0 fully saturated rings. The van der Waals surface area contributed by atoms with Crippen molar-refractivity contribution in [2.45, 2.75) is 13.0 Å². The Balaban J connectivity index is 2.09. The molecule has 4 nitrogen and oxygen atoms in total. The van der Waals surface area contributed by atoms with E-state index in [2.05, 4.69) is 16.0 Å². The third kappa shape index (κ3) is 2.27. The summed E-state index contributed by atoms with van der Waals surface area (Å²) in [4.78, 5) is 6.48. The molecule has 2 aromatic rings. The predicted octanol–water partition coefficient (Wildman–Crippen LogP) is 2.46. The molecule has 1 aromatic carbocycles. The summed E-state index contributed by atoms with van der Waals surface area (Å²) in [6, 6.07) is 10.1. The van der Waals surface area contributed by atoms with E-state index in [4.69, 9.17) is 10.5 Å². The zero-order valence-electron chi connectivity index (χ0n) is 10.7. The smallest absolute Gasteiger partial charge is 0.142 e. The monoisotopic (exact) mass is 255 g/mol. The molecule has 0 saturated carbocycles. The van der Waals surface area contributed by atoms with Crippen molar-refractivity contribution in [2.75, 3.05) is 18.1 Å². The Kier molecular flexibility index (Phi) is 3.33. The van der Waals surface area contributed by atoms with Crippen molar-refractivity contribution in [3.63, 3.8) is 0 Å². The molecule has 0 atom stereocenters. The molecule has 3 rings (SSSR count). The molecular formula is C15H17N3O. The van der Waals surface area contributed by atoms with Crippen LogP contribution in [-0.4, -0.2) is 18.1 Å². The molecule has 1 aromatic heterocycles. The molecule has 98 valence electrons. The fourth-order valence-electron chi connectivity index (χ4n) is 2.41. The first kappa shape index (κ1) is 12.0. The van der Waals surface area contributed by atoms with Crippen LogP contribution in [0.15, 0.2) is 42.7 Å². The Morgan fingerprint density at radius 2 is 2.11 bits per heavy atom. The van der Waals surface area contributed by atoms with E-state index in [-0.39, 0.29) is 0 Å². The van der Waals surface area contributed by atoms with E-state index in [0.717, 1.165) is 42.3 Å². The number of hydrogen-bond acceptors (Lipinski definition) is 4. The highest BCUT2D eigenvalue weighted by Crippen LogP contribution is 2.36. The number of para-hydroxylation sites is 2. The van der Waals surface area contributed by atoms with Gasteiger partial charge in [-0.25, -0.2) is 0 Å². The molecule has 2 N–H and O–H groups in total. The maximum Gasteiger partial charge on any atom is 0.142 e. The van der Waals surface area contributed by atoms with Gasteiger partial charge in [-0.05, 0) is 30.2 Å². The molecule has 0 amide bonds. The molecule has 1 aliphatic heterocycles. The molecule has 0 spiro atoms. The highest BCUT2D eigenvalue weighted by atomic mass is 16.5. The second kappa shape index (κ2) is 5.28. The Morgan fingerprint density at radius 3 is 3.00 bits per heavy atom. The minimum atomic E-state index is 0.511. The maximum absolute atomic E-state index is 5.83. The number of pyridine rings is 1. The van der Waals surface area contributed by atoms with E-state index >= 15 is 0 Å². The Hall–Kier alpha value is -2.07. The lowest BCUT2D eigenvalue weighted by atomic mass is 10.1. The third-order valence-corrected chi connectivity index (χ3v) is 3.34. The Labute approximate surface area is 112 Å². The van der Waals surface area contributed by atoms with Gasteiger partial charge in [0.25, 0.3) is 0 Å². The average Bonchev–Trinajstić information content (AvgIpc) is 2.69. The van der Waals surface area contributed by atoms with Gasteiger partial charge in [0.15, 0.2) is 0 Å². The van der Waals surface area contributed by atoms with E-state index in [1.807, 2.05) is 30.5 Å². The van der Waals surface area contributed by atoms with E-state index in [1.165, 1.54) is 0 Å². The normalized spacial score (nSPS) is 14.5. The van der Waals surface area contributed by atoms with E-state index in [0.29, 0.717) is 6.54 Å². The van der Waals surface area contributed by atoms with Gasteiger partial charge < -0.3 is 15.4 Å². The number of anilines is 2. The van der Waals surface area contributed by atoms with Crippen LogP contribution in [0.25, 0.3) is 0 Å². The van der Waals surface area contributed by atoms with Crippen molar-refractivity contribution in [3.05, 3.63) is 48.3 Å². The summed E-state index contributed by atoms with van der Waals surface area (Å²) in [6.45, 7) is 2.17. The summed E-state index contributed by atoms with van der Waals surface area (Å²) < 4.78 is 5.78. The number of fused-ring (bicyclic) bond motifs is 1. The molecule has 0 unspecified atom stereocenters. The van der Waals surface area contributed by atoms with Gasteiger partial charge in [0.05, 0.1) is 24.2 Å². The average molecular weight is 255 g/mol. The number of ether oxygens (including phenoxy) is 1. The molecule has 0 aliphatic carbocycles. The van der Waals surface area contributed by atoms with Gasteiger partial charge in [0.1, 0.15) is 5.75 Å². The largest absolute Gasteiger partial charge is 0.491 e. The van der Waals surface area contributed by atoms with Crippen LogP contribution in [0.1, 0.15) is 12.0 Å². The maximum atomic E-state index is 5.83. The molecule has 1 aliphatic rings. The van der Waals surface area contributed by atoms with Crippen LogP contribution < -0.4 is 15.4 Å². The van der Waals surface area contributed by atoms with E-state index < -0.39 is 0 Å². The minimum absolute atomic E-state index is 0.511. The highest BCUT2D eigenvalue weighted by Gasteiger charge is 2.19. The SMILES string of the molecule is NCc1ccncc1N1CCCOc2ccccc21. The van der Waals surface area contributed by atoms with Crippen LogP contribution in [-0.2, 0) is 6.54 Å². The van der Waals surface area contributed by atoms with Crippen LogP contribution >= 0.6 is 0 Å². The molecule has 0 bridgehead atoms. The first-order chi connectivity index (χ1) is 9.40. The highest BCUT2D eigenvalue weighted by molar-refractivity contribution is 5.71. The number of nitrogens with two attached hydrogens (primary N) is 1. The van der Waals surface area contributed by atoms with Crippen LogP contribution in [0.3, 0.4) is 0 Å². The van der Waals surface area contributed by atoms with Crippen molar-refractivity contribution in [1.82, 2.24) is 4.98 Å². The zero-order chi connectivity index (χ0) is 13.1. The minimum Gasteiger partial charge on any atom is -0.491 e. The summed E-state index contributed by atoms with van der Waals surface area (Å²) in [5, 5.41) is 0. The summed E-state index contributed by atoms with van der Waals surface area (Å²) >= 11 is 0. The topological polar surface area (TPSA) is 51.4 Å². The van der Waals surface area contributed by atoms with Gasteiger partial charge in [-0.2, -0.15) is 0 Å². The van der Waals surface area contributed by atoms with Crippen molar-refractivity contribution in [1.29, 1.82) is 0 Å². The van der Waals surface area contributed by atoms with Crippen LogP contribution in [0, 0.1) is 0 Å². The lowest BCUT2D eigenvalue weighted by molar-refractivity contribution is 0.322. The summed E-state index contributed by atoms with van der Waals surface area (Å²) in [5.74, 6) is 0.923. The van der Waals surface area contributed by atoms with Gasteiger partial charge in [0.2, 0.25) is 0 Å². The van der Waals surface area contributed by atoms with Gasteiger partial charge in [-0.15, -0.1) is 0 Å². The first-order valence-corrected chi connectivity index (χ1v) is 6.52. The molecule has 0 saturated heterocycles. The van der Waals surface area contributed by atoms with E-state index in [9.17, 15) is 0 Å². The quantitative estimate of drug-likeness (QED) is 0.895. The van der Waals surface area contributed by atoms with Crippen LogP contribution in [0.4, 0.5) is 11.4 Å². The Bertz CT molecular complexity index is 571. The summed E-state index contributed by atoms with van der Waals surface area (Å²) in [5.41, 5.74) is 9.09. The molecule has 2 heterocycles. The fraction of sp³-hybridized carbons (Fsp3) is 0.267. The first-order valence-electron chi connectivity index (χ1n) is 6.52. The molecule has 19 heavy (non-hydrogen) atoms. The standard InChI is InChI=1S/C15H17N3O/c16-10-12-6-7-17-11-14(12)18-8-3-9-19-15-5-2-1-4-13(15)18/h1-2,4-7,11H,3,8-10,16H2. The fourth-order valence-corrected chi connectivity index (χ4v) is 2.41. The molecule has 0 radical (unpaired) electrons. The van der Waals surface area contributed by atoms with Gasteiger partial charge in [0, 0.05) is 19.3 Å². The van der Waals surface area contributed by atoms with Gasteiger partial charge in [-0.3, -0.25) is 4.98 Å². The van der Waals surface area contributed by atoms with Crippen molar-refractivity contribution >= 4 is 11.4 Å². The second-order valence-electron chi connectivity index (χ2n) is 4.53. The number of nitrogens with zero attached hydrogens (tertiary/aromatic N) is 2. The summed E-state index contributed by atoms with van der Waals surface area (Å²) in [6.07, 6.45) is 4.64. The third-order valence-electron chi connectivity index (χ3n) is 3.34. The molecular weight excluding hydrogens is 238 g/mol. The molecule has 4 heteroatoms.